The Morgan fingerprint density at radius 2 is 1.71 bits per heavy atom. The van der Waals surface area contributed by atoms with Crippen molar-refractivity contribution < 1.29 is 32.2 Å². The van der Waals surface area contributed by atoms with E-state index in [1.54, 1.807) is 19.2 Å². The maximum Gasteiger partial charge on any atom is 0.416 e. The van der Waals surface area contributed by atoms with Gasteiger partial charge >= 0.3 is 12.1 Å². The summed E-state index contributed by atoms with van der Waals surface area (Å²) in [5.74, 6) is -0.737. The van der Waals surface area contributed by atoms with Crippen molar-refractivity contribution in [2.45, 2.75) is 18.6 Å². The highest BCUT2D eigenvalue weighted by Crippen LogP contribution is 2.34. The molecular formula is C32H25F3N2O4. The fourth-order valence-electron chi connectivity index (χ4n) is 4.60. The first-order valence-corrected chi connectivity index (χ1v) is 12.8. The number of carbonyl (C=O) groups is 2. The van der Waals surface area contributed by atoms with Gasteiger partial charge < -0.3 is 9.47 Å². The van der Waals surface area contributed by atoms with E-state index in [0.717, 1.165) is 40.1 Å². The second-order valence-electron chi connectivity index (χ2n) is 9.40. The number of ether oxygens (including phenoxy) is 2. The molecule has 4 aromatic carbocycles. The monoisotopic (exact) mass is 558 g/mol. The molecule has 0 aromatic heterocycles. The van der Waals surface area contributed by atoms with Gasteiger partial charge in [-0.05, 0) is 63.9 Å². The lowest BCUT2D eigenvalue weighted by Crippen LogP contribution is -2.31. The van der Waals surface area contributed by atoms with Crippen LogP contribution in [0, 0.1) is 0 Å². The van der Waals surface area contributed by atoms with Crippen molar-refractivity contribution >= 4 is 34.4 Å². The van der Waals surface area contributed by atoms with Crippen molar-refractivity contribution in [3.05, 3.63) is 119 Å². The maximum absolute atomic E-state index is 13.2. The van der Waals surface area contributed by atoms with Gasteiger partial charge in [-0.25, -0.2) is 9.80 Å². The minimum absolute atomic E-state index is 0.173. The zero-order valence-corrected chi connectivity index (χ0v) is 22.0. The molecule has 4 aromatic rings. The Balaban J connectivity index is 1.33. The second kappa shape index (κ2) is 11.7. The molecule has 5 rings (SSSR count). The lowest BCUT2D eigenvalue weighted by Gasteiger charge is -2.22. The van der Waals surface area contributed by atoms with Gasteiger partial charge in [-0.2, -0.15) is 18.3 Å². The van der Waals surface area contributed by atoms with Crippen LogP contribution in [0.5, 0.6) is 5.75 Å². The number of halogens is 3. The van der Waals surface area contributed by atoms with Gasteiger partial charge in [0.05, 0.1) is 24.4 Å². The molecule has 1 aliphatic rings. The molecule has 0 N–H and O–H groups in total. The predicted octanol–water partition coefficient (Wildman–Crippen LogP) is 6.80. The molecule has 0 saturated carbocycles. The highest BCUT2D eigenvalue weighted by Gasteiger charge is 2.34. The SMILES string of the molecule is COc1ccc([C@H]2CC(c3ccc4ccccc4c3)=NN2C(=O)COC(=O)/C=C/c2cccc(C(F)(F)F)c2)cc1. The molecule has 0 radical (unpaired) electrons. The Morgan fingerprint density at radius 3 is 2.44 bits per heavy atom. The minimum atomic E-state index is -4.50. The van der Waals surface area contributed by atoms with Gasteiger partial charge in [0.2, 0.25) is 0 Å². The predicted molar refractivity (Wildman–Crippen MR) is 149 cm³/mol. The van der Waals surface area contributed by atoms with Gasteiger partial charge in [-0.1, -0.05) is 60.7 Å². The molecule has 0 fully saturated rings. The maximum atomic E-state index is 13.2. The highest BCUT2D eigenvalue weighted by atomic mass is 19.4. The fraction of sp³-hybridized carbons (Fsp3) is 0.156. The fourth-order valence-corrected chi connectivity index (χ4v) is 4.60. The number of esters is 1. The molecule has 0 unspecified atom stereocenters. The van der Waals surface area contributed by atoms with Crippen LogP contribution < -0.4 is 4.74 Å². The number of benzene rings is 4. The first kappa shape index (κ1) is 27.6. The Labute approximate surface area is 234 Å². The largest absolute Gasteiger partial charge is 0.497 e. The average Bonchev–Trinajstić information content (AvgIpc) is 3.44. The van der Waals surface area contributed by atoms with Crippen molar-refractivity contribution in [3.63, 3.8) is 0 Å². The van der Waals surface area contributed by atoms with Crippen molar-refractivity contribution in [1.29, 1.82) is 0 Å². The van der Waals surface area contributed by atoms with E-state index in [1.165, 1.54) is 23.2 Å². The van der Waals surface area contributed by atoms with E-state index >= 15 is 0 Å². The summed E-state index contributed by atoms with van der Waals surface area (Å²) in [5, 5.41) is 8.06. The number of amides is 1. The lowest BCUT2D eigenvalue weighted by molar-refractivity contribution is -0.149. The summed E-state index contributed by atoms with van der Waals surface area (Å²) < 4.78 is 49.2. The second-order valence-corrected chi connectivity index (χ2v) is 9.40. The molecule has 0 aliphatic carbocycles. The molecule has 208 valence electrons. The Morgan fingerprint density at radius 1 is 0.951 bits per heavy atom. The van der Waals surface area contributed by atoms with Crippen LogP contribution in [-0.4, -0.2) is 36.3 Å². The number of carbonyl (C=O) groups excluding carboxylic acids is 2. The van der Waals surface area contributed by atoms with E-state index in [4.69, 9.17) is 9.47 Å². The summed E-state index contributed by atoms with van der Waals surface area (Å²) in [6.07, 6.45) is -1.87. The number of fused-ring (bicyclic) bond motifs is 1. The van der Waals surface area contributed by atoms with Crippen LogP contribution >= 0.6 is 0 Å². The Bertz CT molecular complexity index is 1650. The van der Waals surface area contributed by atoms with Gasteiger partial charge in [0, 0.05) is 12.5 Å². The first-order chi connectivity index (χ1) is 19.7. The quantitative estimate of drug-likeness (QED) is 0.185. The summed E-state index contributed by atoms with van der Waals surface area (Å²) in [7, 11) is 1.57. The van der Waals surface area contributed by atoms with Crippen molar-refractivity contribution in [3.8, 4) is 5.75 Å². The smallest absolute Gasteiger partial charge is 0.416 e. The van der Waals surface area contributed by atoms with E-state index in [-0.39, 0.29) is 5.56 Å². The van der Waals surface area contributed by atoms with Gasteiger partial charge in [0.1, 0.15) is 5.75 Å². The van der Waals surface area contributed by atoms with Crippen LogP contribution in [0.3, 0.4) is 0 Å². The van der Waals surface area contributed by atoms with E-state index in [0.29, 0.717) is 17.9 Å². The van der Waals surface area contributed by atoms with Crippen LogP contribution in [0.25, 0.3) is 16.8 Å². The van der Waals surface area contributed by atoms with Gasteiger partial charge in [-0.3, -0.25) is 4.79 Å². The van der Waals surface area contributed by atoms with Crippen LogP contribution in [-0.2, 0) is 20.5 Å². The number of nitrogens with zero attached hydrogens (tertiary/aromatic N) is 2. The third-order valence-electron chi connectivity index (χ3n) is 6.71. The summed E-state index contributed by atoms with van der Waals surface area (Å²) in [5.41, 5.74) is 1.75. The zero-order chi connectivity index (χ0) is 29.0. The number of hydrogen-bond acceptors (Lipinski definition) is 5. The van der Waals surface area contributed by atoms with E-state index in [9.17, 15) is 22.8 Å². The molecule has 1 aliphatic heterocycles. The summed E-state index contributed by atoms with van der Waals surface area (Å²) in [6.45, 7) is -0.590. The Kier molecular flexibility index (Phi) is 7.87. The van der Waals surface area contributed by atoms with Crippen LogP contribution in [0.1, 0.15) is 34.7 Å². The molecule has 41 heavy (non-hydrogen) atoms. The number of methoxy groups -OCH3 is 1. The first-order valence-electron chi connectivity index (χ1n) is 12.8. The number of alkyl halides is 3. The molecule has 0 bridgehead atoms. The molecular weight excluding hydrogens is 533 g/mol. The Hall–Kier alpha value is -4.92. The summed E-state index contributed by atoms with van der Waals surface area (Å²) >= 11 is 0. The molecule has 9 heteroatoms. The summed E-state index contributed by atoms with van der Waals surface area (Å²) in [6, 6.07) is 25.3. The number of hydrazone groups is 1. The van der Waals surface area contributed by atoms with Crippen LogP contribution in [0.2, 0.25) is 0 Å². The van der Waals surface area contributed by atoms with Gasteiger partial charge in [0.25, 0.3) is 5.91 Å². The minimum Gasteiger partial charge on any atom is -0.497 e. The average molecular weight is 559 g/mol. The van der Waals surface area contributed by atoms with Gasteiger partial charge in [0.15, 0.2) is 6.61 Å². The van der Waals surface area contributed by atoms with Crippen molar-refractivity contribution in [2.24, 2.45) is 5.10 Å². The molecule has 1 amide bonds. The van der Waals surface area contributed by atoms with E-state index < -0.39 is 36.3 Å². The summed E-state index contributed by atoms with van der Waals surface area (Å²) in [4.78, 5) is 25.5. The topological polar surface area (TPSA) is 68.2 Å². The van der Waals surface area contributed by atoms with E-state index in [2.05, 4.69) is 5.10 Å². The van der Waals surface area contributed by atoms with Crippen molar-refractivity contribution in [2.75, 3.05) is 13.7 Å². The zero-order valence-electron chi connectivity index (χ0n) is 22.0. The normalized spacial score (nSPS) is 15.3. The number of rotatable bonds is 7. The third-order valence-corrected chi connectivity index (χ3v) is 6.71. The molecule has 6 nitrogen and oxygen atoms in total. The van der Waals surface area contributed by atoms with Crippen molar-refractivity contribution in [1.82, 2.24) is 5.01 Å². The molecule has 0 spiro atoms. The van der Waals surface area contributed by atoms with Crippen LogP contribution in [0.15, 0.2) is 102 Å². The van der Waals surface area contributed by atoms with E-state index in [1.807, 2.05) is 54.6 Å². The third kappa shape index (κ3) is 6.46. The molecule has 0 saturated heterocycles. The molecule has 1 heterocycles. The standard InChI is InChI=1S/C32H25F3N2O4/c1-40-27-14-12-23(13-15-27)29-19-28(25-11-10-22-6-2-3-7-24(22)18-25)36-37(29)30(38)20-41-31(39)16-9-21-5-4-8-26(17-21)32(33,34)35/h2-18,29H,19-20H2,1H3/b16-9+/t29-/m1/s1. The highest BCUT2D eigenvalue weighted by molar-refractivity contribution is 6.05. The molecule has 1 atom stereocenters. The van der Waals surface area contributed by atoms with Crippen LogP contribution in [0.4, 0.5) is 13.2 Å². The van der Waals surface area contributed by atoms with Gasteiger partial charge in [-0.15, -0.1) is 0 Å². The number of hydrogen-bond donors (Lipinski definition) is 0. The lowest BCUT2D eigenvalue weighted by atomic mass is 9.97.